The van der Waals surface area contributed by atoms with Gasteiger partial charge in [-0.25, -0.2) is 4.98 Å². The molecule has 1 aromatic heterocycles. The Morgan fingerprint density at radius 2 is 2.54 bits per heavy atom. The van der Waals surface area contributed by atoms with Crippen LogP contribution in [0, 0.1) is 3.57 Å². The number of hydrogen-bond donors (Lipinski definition) is 2. The second-order valence-electron chi connectivity index (χ2n) is 2.56. The molecule has 0 bridgehead atoms. The highest BCUT2D eigenvalue weighted by molar-refractivity contribution is 14.1. The molecule has 0 aromatic carbocycles. The van der Waals surface area contributed by atoms with Gasteiger partial charge in [0.05, 0.1) is 6.33 Å². The largest absolute Gasteiger partial charge is 0.363 e. The highest BCUT2D eigenvalue weighted by Crippen LogP contribution is 2.09. The Morgan fingerprint density at radius 1 is 1.85 bits per heavy atom. The van der Waals surface area contributed by atoms with Gasteiger partial charge >= 0.3 is 0 Å². The van der Waals surface area contributed by atoms with E-state index in [0.29, 0.717) is 9.39 Å². The monoisotopic (exact) mass is 291 g/mol. The van der Waals surface area contributed by atoms with Crippen LogP contribution in [-0.4, -0.2) is 16.0 Å². The van der Waals surface area contributed by atoms with E-state index in [2.05, 4.69) is 21.9 Å². The van der Waals surface area contributed by atoms with Gasteiger partial charge in [0, 0.05) is 6.04 Å². The lowest BCUT2D eigenvalue weighted by molar-refractivity contribution is 0.964. The van der Waals surface area contributed by atoms with E-state index < -0.39 is 0 Å². The zero-order valence-corrected chi connectivity index (χ0v) is 9.33. The van der Waals surface area contributed by atoms with Crippen LogP contribution in [0.5, 0.6) is 0 Å². The Bertz CT molecular complexity index is 361. The van der Waals surface area contributed by atoms with E-state index in [0.717, 1.165) is 0 Å². The SMILES string of the molecule is C=CC(C)Nc1nc[nH]c(=O)c1I. The quantitative estimate of drug-likeness (QED) is 0.653. The summed E-state index contributed by atoms with van der Waals surface area (Å²) in [5.74, 6) is 0.594. The van der Waals surface area contributed by atoms with E-state index >= 15 is 0 Å². The maximum absolute atomic E-state index is 11.1. The minimum atomic E-state index is -0.130. The van der Waals surface area contributed by atoms with Crippen molar-refractivity contribution in [2.24, 2.45) is 0 Å². The van der Waals surface area contributed by atoms with E-state index in [4.69, 9.17) is 0 Å². The first-order valence-electron chi connectivity index (χ1n) is 3.77. The van der Waals surface area contributed by atoms with Gasteiger partial charge < -0.3 is 10.3 Å². The molecular weight excluding hydrogens is 281 g/mol. The molecule has 70 valence electrons. The van der Waals surface area contributed by atoms with Crippen molar-refractivity contribution < 1.29 is 0 Å². The Morgan fingerprint density at radius 3 is 3.15 bits per heavy atom. The van der Waals surface area contributed by atoms with Crippen molar-refractivity contribution in [2.45, 2.75) is 13.0 Å². The predicted molar refractivity (Wildman–Crippen MR) is 60.9 cm³/mol. The first-order chi connectivity index (χ1) is 6.15. The minimum absolute atomic E-state index is 0.0998. The van der Waals surface area contributed by atoms with Crippen LogP contribution in [0.15, 0.2) is 23.8 Å². The summed E-state index contributed by atoms with van der Waals surface area (Å²) in [7, 11) is 0. The predicted octanol–water partition coefficient (Wildman–Crippen LogP) is 1.36. The number of halogens is 1. The Labute approximate surface area is 89.6 Å². The van der Waals surface area contributed by atoms with E-state index in [1.165, 1.54) is 6.33 Å². The van der Waals surface area contributed by atoms with Crippen LogP contribution in [0.2, 0.25) is 0 Å². The maximum atomic E-state index is 11.1. The number of H-pyrrole nitrogens is 1. The van der Waals surface area contributed by atoms with Crippen molar-refractivity contribution in [1.29, 1.82) is 0 Å². The zero-order chi connectivity index (χ0) is 9.84. The van der Waals surface area contributed by atoms with Crippen molar-refractivity contribution in [1.82, 2.24) is 9.97 Å². The normalized spacial score (nSPS) is 12.2. The average molecular weight is 291 g/mol. The molecule has 1 atom stereocenters. The van der Waals surface area contributed by atoms with Crippen LogP contribution in [-0.2, 0) is 0 Å². The summed E-state index contributed by atoms with van der Waals surface area (Å²) in [6.07, 6.45) is 3.13. The summed E-state index contributed by atoms with van der Waals surface area (Å²) in [5, 5.41) is 3.04. The van der Waals surface area contributed by atoms with E-state index in [1.54, 1.807) is 6.08 Å². The Balaban J connectivity index is 2.95. The van der Waals surface area contributed by atoms with Gasteiger partial charge in [-0.1, -0.05) is 6.08 Å². The minimum Gasteiger partial charge on any atom is -0.363 e. The fourth-order valence-electron chi connectivity index (χ4n) is 0.758. The van der Waals surface area contributed by atoms with E-state index in [1.807, 2.05) is 29.5 Å². The van der Waals surface area contributed by atoms with Gasteiger partial charge in [-0.05, 0) is 29.5 Å². The number of aromatic nitrogens is 2. The third-order valence-electron chi connectivity index (χ3n) is 1.51. The fraction of sp³-hybridized carbons (Fsp3) is 0.250. The first-order valence-corrected chi connectivity index (χ1v) is 4.85. The van der Waals surface area contributed by atoms with Crippen LogP contribution >= 0.6 is 22.6 Å². The molecular formula is C8H10IN3O. The van der Waals surface area contributed by atoms with Gasteiger partial charge in [0.1, 0.15) is 9.39 Å². The van der Waals surface area contributed by atoms with Gasteiger partial charge in [-0.2, -0.15) is 0 Å². The van der Waals surface area contributed by atoms with E-state index in [9.17, 15) is 4.79 Å². The molecule has 1 rings (SSSR count). The van der Waals surface area contributed by atoms with Crippen LogP contribution < -0.4 is 10.9 Å². The summed E-state index contributed by atoms with van der Waals surface area (Å²) in [5.41, 5.74) is -0.130. The second-order valence-corrected chi connectivity index (χ2v) is 3.64. The Kier molecular flexibility index (Phi) is 3.47. The number of hydrogen-bond acceptors (Lipinski definition) is 3. The van der Waals surface area contributed by atoms with Gasteiger partial charge in [-0.3, -0.25) is 4.79 Å². The molecule has 4 nitrogen and oxygen atoms in total. The fourth-order valence-corrected chi connectivity index (χ4v) is 1.21. The molecule has 0 aliphatic heterocycles. The van der Waals surface area contributed by atoms with Crippen molar-refractivity contribution in [2.75, 3.05) is 5.32 Å². The third-order valence-corrected chi connectivity index (χ3v) is 2.52. The molecule has 0 fully saturated rings. The second kappa shape index (κ2) is 4.40. The first kappa shape index (κ1) is 10.2. The standard InChI is InChI=1S/C8H10IN3O/c1-3-5(2)12-7-6(9)8(13)11-4-10-7/h3-5H,1H2,2H3,(H2,10,11,12,13). The molecule has 0 radical (unpaired) electrons. The average Bonchev–Trinajstić information content (AvgIpc) is 2.13. The number of rotatable bonds is 3. The summed E-state index contributed by atoms with van der Waals surface area (Å²) in [4.78, 5) is 17.6. The van der Waals surface area contributed by atoms with Crippen LogP contribution in [0.3, 0.4) is 0 Å². The van der Waals surface area contributed by atoms with Crippen LogP contribution in [0.4, 0.5) is 5.82 Å². The maximum Gasteiger partial charge on any atom is 0.266 e. The molecule has 1 heterocycles. The molecule has 0 amide bonds. The number of nitrogens with one attached hydrogen (secondary N) is 2. The van der Waals surface area contributed by atoms with Crippen LogP contribution in [0.1, 0.15) is 6.92 Å². The molecule has 2 N–H and O–H groups in total. The summed E-state index contributed by atoms with van der Waals surface area (Å²) >= 11 is 1.95. The summed E-state index contributed by atoms with van der Waals surface area (Å²) in [6, 6.07) is 0.0998. The van der Waals surface area contributed by atoms with E-state index in [-0.39, 0.29) is 11.6 Å². The van der Waals surface area contributed by atoms with Crippen molar-refractivity contribution >= 4 is 28.4 Å². The number of nitrogens with zero attached hydrogens (tertiary/aromatic N) is 1. The summed E-state index contributed by atoms with van der Waals surface area (Å²) < 4.78 is 0.564. The van der Waals surface area contributed by atoms with Gasteiger partial charge in [0.2, 0.25) is 0 Å². The van der Waals surface area contributed by atoms with Gasteiger partial charge in [0.15, 0.2) is 0 Å². The molecule has 0 saturated carbocycles. The number of aromatic amines is 1. The molecule has 0 aliphatic carbocycles. The lowest BCUT2D eigenvalue weighted by atomic mass is 10.3. The van der Waals surface area contributed by atoms with Crippen molar-refractivity contribution in [3.05, 3.63) is 32.9 Å². The zero-order valence-electron chi connectivity index (χ0n) is 7.17. The van der Waals surface area contributed by atoms with Crippen molar-refractivity contribution in [3.63, 3.8) is 0 Å². The molecule has 5 heteroatoms. The molecule has 0 spiro atoms. The topological polar surface area (TPSA) is 57.8 Å². The molecule has 1 aromatic rings. The molecule has 13 heavy (non-hydrogen) atoms. The smallest absolute Gasteiger partial charge is 0.266 e. The third kappa shape index (κ3) is 2.55. The lowest BCUT2D eigenvalue weighted by Crippen LogP contribution is -2.19. The van der Waals surface area contributed by atoms with Gasteiger partial charge in [0.25, 0.3) is 5.56 Å². The highest BCUT2D eigenvalue weighted by Gasteiger charge is 2.05. The number of anilines is 1. The molecule has 0 aliphatic rings. The van der Waals surface area contributed by atoms with Crippen LogP contribution in [0.25, 0.3) is 0 Å². The Hall–Kier alpha value is -0.850. The summed E-state index contributed by atoms with van der Waals surface area (Å²) in [6.45, 7) is 5.57. The highest BCUT2D eigenvalue weighted by atomic mass is 127. The van der Waals surface area contributed by atoms with Crippen molar-refractivity contribution in [3.8, 4) is 0 Å². The van der Waals surface area contributed by atoms with Gasteiger partial charge in [-0.15, -0.1) is 6.58 Å². The molecule has 1 unspecified atom stereocenters. The molecule has 0 saturated heterocycles. The lowest BCUT2D eigenvalue weighted by Gasteiger charge is -2.09.